The second-order valence-corrected chi connectivity index (χ2v) is 3.06. The summed E-state index contributed by atoms with van der Waals surface area (Å²) in [6.45, 7) is 0. The fourth-order valence-corrected chi connectivity index (χ4v) is 1.14. The van der Waals surface area contributed by atoms with Gasteiger partial charge >= 0.3 is 0 Å². The van der Waals surface area contributed by atoms with Crippen LogP contribution in [0.5, 0.6) is 5.75 Å². The van der Waals surface area contributed by atoms with Gasteiger partial charge in [-0.25, -0.2) is 0 Å². The first-order chi connectivity index (χ1) is 6.27. The largest absolute Gasteiger partial charge is 0.495 e. The molecule has 0 radical (unpaired) electrons. The van der Waals surface area contributed by atoms with E-state index >= 15 is 0 Å². The molecule has 1 aromatic carbocycles. The van der Waals surface area contributed by atoms with Gasteiger partial charge in [0.05, 0.1) is 18.4 Å². The third-order valence-electron chi connectivity index (χ3n) is 1.47. The average Bonchev–Trinajstić information content (AvgIpc) is 2.16. The first kappa shape index (κ1) is 10.3. The van der Waals surface area contributed by atoms with Gasteiger partial charge in [0.2, 0.25) is 0 Å². The number of methoxy groups -OCH3 is 1. The first-order valence-electron chi connectivity index (χ1n) is 3.71. The van der Waals surface area contributed by atoms with Crippen LogP contribution >= 0.6 is 24.2 Å². The van der Waals surface area contributed by atoms with Crippen molar-refractivity contribution in [2.75, 3.05) is 12.9 Å². The molecule has 0 aliphatic heterocycles. The van der Waals surface area contributed by atoms with E-state index in [1.54, 1.807) is 19.2 Å². The lowest BCUT2D eigenvalue weighted by Gasteiger charge is -2.02. The predicted octanol–water partition coefficient (Wildman–Crippen LogP) is 2.63. The van der Waals surface area contributed by atoms with Crippen LogP contribution in [-0.4, -0.2) is 12.9 Å². The van der Waals surface area contributed by atoms with E-state index in [2.05, 4.69) is 24.5 Å². The summed E-state index contributed by atoms with van der Waals surface area (Å²) >= 11 is 9.78. The Labute approximate surface area is 88.5 Å². The van der Waals surface area contributed by atoms with Gasteiger partial charge < -0.3 is 4.74 Å². The maximum atomic E-state index is 5.79. The molecule has 0 atom stereocenters. The fourth-order valence-electron chi connectivity index (χ4n) is 0.903. The van der Waals surface area contributed by atoms with Gasteiger partial charge in [0.1, 0.15) is 5.75 Å². The van der Waals surface area contributed by atoms with Gasteiger partial charge in [-0.1, -0.05) is 23.4 Å². The molecule has 0 saturated heterocycles. The lowest BCUT2D eigenvalue weighted by atomic mass is 10.2. The molecule has 1 aromatic rings. The Balaban J connectivity index is 3.06. The highest BCUT2D eigenvalue weighted by Gasteiger charge is 1.99. The third kappa shape index (κ3) is 2.87. The molecule has 0 fully saturated rings. The van der Waals surface area contributed by atoms with Crippen LogP contribution in [0, 0.1) is 11.8 Å². The number of hydrogen-bond acceptors (Lipinski definition) is 2. The standard InChI is InChI=1S/C10H9ClOS/c1-12-10-7-9(11)5-4-8(10)3-2-6-13/h4-5,7,13H,6H2,1H3. The van der Waals surface area contributed by atoms with E-state index in [4.69, 9.17) is 16.3 Å². The molecule has 0 bridgehead atoms. The Hall–Kier alpha value is -0.780. The second kappa shape index (κ2) is 5.06. The van der Waals surface area contributed by atoms with E-state index in [0.29, 0.717) is 16.5 Å². The smallest absolute Gasteiger partial charge is 0.135 e. The summed E-state index contributed by atoms with van der Waals surface area (Å²) in [5.74, 6) is 7.01. The molecule has 0 aliphatic carbocycles. The van der Waals surface area contributed by atoms with E-state index in [-0.39, 0.29) is 0 Å². The maximum Gasteiger partial charge on any atom is 0.135 e. The highest BCUT2D eigenvalue weighted by Crippen LogP contribution is 2.21. The van der Waals surface area contributed by atoms with Gasteiger partial charge in [0, 0.05) is 11.1 Å². The molecule has 13 heavy (non-hydrogen) atoms. The SMILES string of the molecule is COc1cc(Cl)ccc1C#CCS. The molecular weight excluding hydrogens is 204 g/mol. The Morgan fingerprint density at radius 2 is 2.31 bits per heavy atom. The summed E-state index contributed by atoms with van der Waals surface area (Å²) in [6, 6.07) is 5.36. The summed E-state index contributed by atoms with van der Waals surface area (Å²) < 4.78 is 5.11. The summed E-state index contributed by atoms with van der Waals surface area (Å²) in [4.78, 5) is 0. The zero-order valence-corrected chi connectivity index (χ0v) is 8.82. The normalized spacial score (nSPS) is 8.85. The molecule has 0 saturated carbocycles. The van der Waals surface area contributed by atoms with Gasteiger partial charge in [-0.05, 0) is 12.1 Å². The maximum absolute atomic E-state index is 5.79. The summed E-state index contributed by atoms with van der Waals surface area (Å²) in [5.41, 5.74) is 0.834. The van der Waals surface area contributed by atoms with Gasteiger partial charge in [0.15, 0.2) is 0 Å². The van der Waals surface area contributed by atoms with Crippen molar-refractivity contribution < 1.29 is 4.74 Å². The van der Waals surface area contributed by atoms with Gasteiger partial charge in [0.25, 0.3) is 0 Å². The van der Waals surface area contributed by atoms with E-state index in [9.17, 15) is 0 Å². The number of rotatable bonds is 1. The van der Waals surface area contributed by atoms with Crippen LogP contribution in [0.25, 0.3) is 0 Å². The van der Waals surface area contributed by atoms with Crippen molar-refractivity contribution in [3.63, 3.8) is 0 Å². The molecule has 68 valence electrons. The molecule has 0 N–H and O–H groups in total. The monoisotopic (exact) mass is 212 g/mol. The topological polar surface area (TPSA) is 9.23 Å². The van der Waals surface area contributed by atoms with Crippen LogP contribution < -0.4 is 4.74 Å². The van der Waals surface area contributed by atoms with Gasteiger partial charge in [-0.3, -0.25) is 0 Å². The zero-order chi connectivity index (χ0) is 9.68. The first-order valence-corrected chi connectivity index (χ1v) is 4.72. The Morgan fingerprint density at radius 3 is 2.92 bits per heavy atom. The van der Waals surface area contributed by atoms with Crippen molar-refractivity contribution in [1.29, 1.82) is 0 Å². The molecule has 3 heteroatoms. The molecule has 0 aliphatic rings. The van der Waals surface area contributed by atoms with Crippen LogP contribution in [0.2, 0.25) is 5.02 Å². The molecule has 0 unspecified atom stereocenters. The minimum Gasteiger partial charge on any atom is -0.495 e. The molecular formula is C10H9ClOS. The summed E-state index contributed by atoms with van der Waals surface area (Å²) in [7, 11) is 1.59. The van der Waals surface area contributed by atoms with Crippen LogP contribution in [0.15, 0.2) is 18.2 Å². The van der Waals surface area contributed by atoms with Crippen molar-refractivity contribution in [3.05, 3.63) is 28.8 Å². The van der Waals surface area contributed by atoms with E-state index in [0.717, 1.165) is 5.56 Å². The predicted molar refractivity (Wildman–Crippen MR) is 58.7 cm³/mol. The van der Waals surface area contributed by atoms with E-state index in [1.165, 1.54) is 0 Å². The molecule has 1 rings (SSSR count). The minimum atomic E-state index is 0.534. The minimum absolute atomic E-state index is 0.534. The molecule has 0 aromatic heterocycles. The van der Waals surface area contributed by atoms with Crippen molar-refractivity contribution >= 4 is 24.2 Å². The number of ether oxygens (including phenoxy) is 1. The number of halogens is 1. The van der Waals surface area contributed by atoms with E-state index < -0.39 is 0 Å². The fraction of sp³-hybridized carbons (Fsp3) is 0.200. The van der Waals surface area contributed by atoms with Crippen LogP contribution in [-0.2, 0) is 0 Å². The van der Waals surface area contributed by atoms with Crippen molar-refractivity contribution in [2.24, 2.45) is 0 Å². The van der Waals surface area contributed by atoms with Gasteiger partial charge in [-0.15, -0.1) is 0 Å². The highest BCUT2D eigenvalue weighted by molar-refractivity contribution is 7.80. The van der Waals surface area contributed by atoms with Gasteiger partial charge in [-0.2, -0.15) is 12.6 Å². The van der Waals surface area contributed by atoms with Crippen LogP contribution in [0.4, 0.5) is 0 Å². The number of hydrogen-bond donors (Lipinski definition) is 1. The lowest BCUT2D eigenvalue weighted by Crippen LogP contribution is -1.87. The van der Waals surface area contributed by atoms with Crippen molar-refractivity contribution in [3.8, 4) is 17.6 Å². The van der Waals surface area contributed by atoms with Crippen molar-refractivity contribution in [2.45, 2.75) is 0 Å². The average molecular weight is 213 g/mol. The van der Waals surface area contributed by atoms with E-state index in [1.807, 2.05) is 6.07 Å². The quantitative estimate of drug-likeness (QED) is 0.556. The zero-order valence-electron chi connectivity index (χ0n) is 7.17. The summed E-state index contributed by atoms with van der Waals surface area (Å²) in [5, 5.41) is 0.647. The number of thiol groups is 1. The lowest BCUT2D eigenvalue weighted by molar-refractivity contribution is 0.413. The van der Waals surface area contributed by atoms with Crippen LogP contribution in [0.3, 0.4) is 0 Å². The molecule has 1 nitrogen and oxygen atoms in total. The molecule has 0 amide bonds. The molecule has 0 heterocycles. The summed E-state index contributed by atoms with van der Waals surface area (Å²) in [6.07, 6.45) is 0. The highest BCUT2D eigenvalue weighted by atomic mass is 35.5. The third-order valence-corrected chi connectivity index (χ3v) is 1.86. The Kier molecular flexibility index (Phi) is 4.01. The Morgan fingerprint density at radius 1 is 1.54 bits per heavy atom. The number of benzene rings is 1. The Bertz CT molecular complexity index is 352. The van der Waals surface area contributed by atoms with Crippen molar-refractivity contribution in [1.82, 2.24) is 0 Å². The molecule has 0 spiro atoms. The van der Waals surface area contributed by atoms with Crippen LogP contribution in [0.1, 0.15) is 5.56 Å². The second-order valence-electron chi connectivity index (χ2n) is 2.30.